The van der Waals surface area contributed by atoms with Gasteiger partial charge in [0, 0.05) is 12.0 Å². The van der Waals surface area contributed by atoms with Gasteiger partial charge in [-0.25, -0.2) is 0 Å². The van der Waals surface area contributed by atoms with E-state index in [0.717, 1.165) is 12.5 Å². The summed E-state index contributed by atoms with van der Waals surface area (Å²) in [5.41, 5.74) is -0.254. The maximum absolute atomic E-state index is 10.5. The highest BCUT2D eigenvalue weighted by Crippen LogP contribution is 2.47. The van der Waals surface area contributed by atoms with Gasteiger partial charge in [0.05, 0.1) is 0 Å². The van der Waals surface area contributed by atoms with Crippen molar-refractivity contribution in [2.75, 3.05) is 6.61 Å². The van der Waals surface area contributed by atoms with Gasteiger partial charge >= 0.3 is 0 Å². The monoisotopic (exact) mass is 334 g/mol. The fourth-order valence-electron chi connectivity index (χ4n) is 2.47. The number of rotatable bonds is 9. The zero-order valence-electron chi connectivity index (χ0n) is 15.7. The Hall–Kier alpha value is 0.314. The van der Waals surface area contributed by atoms with Crippen molar-refractivity contribution in [2.24, 2.45) is 16.7 Å². The second-order valence-electron chi connectivity index (χ2n) is 8.58. The molecular formula is C16H38O3Si2. The Balaban J connectivity index is 4.21. The average Bonchev–Trinajstić information content (AvgIpc) is 2.28. The van der Waals surface area contributed by atoms with Crippen molar-refractivity contribution < 1.29 is 14.0 Å². The van der Waals surface area contributed by atoms with Gasteiger partial charge in [-0.3, -0.25) is 0 Å². The number of ether oxygens (including phenoxy) is 1. The van der Waals surface area contributed by atoms with E-state index in [2.05, 4.69) is 61.2 Å². The summed E-state index contributed by atoms with van der Waals surface area (Å²) in [5.74, 6) is 0.358. The topological polar surface area (TPSA) is 38.7 Å². The van der Waals surface area contributed by atoms with Crippen LogP contribution in [0, 0.1) is 16.7 Å². The molecular weight excluding hydrogens is 296 g/mol. The predicted octanol–water partition coefficient (Wildman–Crippen LogP) is 3.77. The van der Waals surface area contributed by atoms with Gasteiger partial charge in [-0.05, 0) is 43.4 Å². The molecule has 0 aliphatic carbocycles. The van der Waals surface area contributed by atoms with Gasteiger partial charge in [-0.1, -0.05) is 41.5 Å². The molecule has 0 heterocycles. The van der Waals surface area contributed by atoms with Crippen LogP contribution in [0.1, 0.15) is 48.0 Å². The summed E-state index contributed by atoms with van der Waals surface area (Å²) in [5, 5.41) is 10.5. The minimum Gasteiger partial charge on any atom is -0.461 e. The first-order chi connectivity index (χ1) is 9.32. The molecule has 0 aromatic carbocycles. The van der Waals surface area contributed by atoms with E-state index in [0.29, 0.717) is 12.5 Å². The molecule has 0 spiro atoms. The Labute approximate surface area is 135 Å². The molecule has 3 nitrogen and oxygen atoms in total. The Morgan fingerprint density at radius 2 is 1.62 bits per heavy atom. The number of hydrogen-bond donors (Lipinski definition) is 1. The van der Waals surface area contributed by atoms with Gasteiger partial charge < -0.3 is 14.0 Å². The van der Waals surface area contributed by atoms with Crippen LogP contribution < -0.4 is 0 Å². The van der Waals surface area contributed by atoms with E-state index in [4.69, 9.17) is 8.85 Å². The molecule has 0 aromatic heterocycles. The number of aliphatic hydroxyl groups excluding tert-OH is 1. The minimum absolute atomic E-state index is 0.00369. The summed E-state index contributed by atoms with van der Waals surface area (Å²) in [6.07, 6.45) is 0.281. The molecule has 0 bridgehead atoms. The van der Waals surface area contributed by atoms with Crippen molar-refractivity contribution >= 4 is 18.1 Å². The van der Waals surface area contributed by atoms with Crippen LogP contribution in [0.25, 0.3) is 0 Å². The first kappa shape index (κ1) is 21.3. The quantitative estimate of drug-likeness (QED) is 0.396. The number of hydrogen-bond acceptors (Lipinski definition) is 3. The number of aliphatic hydroxyl groups is 1. The van der Waals surface area contributed by atoms with Crippen LogP contribution in [0.3, 0.4) is 0 Å². The van der Waals surface area contributed by atoms with E-state index >= 15 is 0 Å². The van der Waals surface area contributed by atoms with Gasteiger partial charge in [0.1, 0.15) is 9.76 Å². The van der Waals surface area contributed by atoms with Crippen molar-refractivity contribution in [3.05, 3.63) is 0 Å². The lowest BCUT2D eigenvalue weighted by atomic mass is 9.61. The van der Waals surface area contributed by atoms with E-state index in [1.165, 1.54) is 0 Å². The minimum atomic E-state index is -1.34. The molecule has 1 N–H and O–H groups in total. The molecule has 0 saturated heterocycles. The average molecular weight is 335 g/mol. The summed E-state index contributed by atoms with van der Waals surface area (Å²) in [6, 6.07) is 1.13. The molecule has 0 aliphatic heterocycles. The SMILES string of the molecule is CC(C)C(C)(C(O)OCCC[SiH2]O[Si](C)(C)C)C(C)(C)C. The first-order valence-electron chi connectivity index (χ1n) is 8.26. The molecule has 0 radical (unpaired) electrons. The van der Waals surface area contributed by atoms with Gasteiger partial charge in [-0.2, -0.15) is 0 Å². The largest absolute Gasteiger partial charge is 0.461 e. The van der Waals surface area contributed by atoms with Crippen molar-refractivity contribution in [3.63, 3.8) is 0 Å². The molecule has 0 fully saturated rings. The normalized spacial score (nSPS) is 18.4. The second kappa shape index (κ2) is 8.25. The zero-order valence-corrected chi connectivity index (χ0v) is 18.2. The standard InChI is InChI=1S/C16H38O3Si2/c1-13(2)16(6,15(3,4)5)14(17)18-11-10-12-20-19-21(7,8)9/h13-14,17H,10-12,20H2,1-9H3. The molecule has 128 valence electrons. The van der Waals surface area contributed by atoms with Crippen molar-refractivity contribution in [2.45, 2.75) is 79.9 Å². The lowest BCUT2D eigenvalue weighted by molar-refractivity contribution is -0.218. The fraction of sp³-hybridized carbons (Fsp3) is 1.00. The molecule has 21 heavy (non-hydrogen) atoms. The third kappa shape index (κ3) is 6.95. The maximum Gasteiger partial charge on any atom is 0.169 e. The van der Waals surface area contributed by atoms with E-state index in [1.807, 2.05) is 0 Å². The molecule has 0 saturated carbocycles. The Morgan fingerprint density at radius 1 is 1.10 bits per heavy atom. The molecule has 0 aliphatic rings. The lowest BCUT2D eigenvalue weighted by Crippen LogP contribution is -2.48. The van der Waals surface area contributed by atoms with Gasteiger partial charge in [-0.15, -0.1) is 0 Å². The smallest absolute Gasteiger partial charge is 0.169 e. The highest BCUT2D eigenvalue weighted by Gasteiger charge is 2.46. The highest BCUT2D eigenvalue weighted by atomic mass is 28.4. The van der Waals surface area contributed by atoms with Crippen molar-refractivity contribution in [3.8, 4) is 0 Å². The van der Waals surface area contributed by atoms with Crippen molar-refractivity contribution in [1.29, 1.82) is 0 Å². The maximum atomic E-state index is 10.5. The highest BCUT2D eigenvalue weighted by molar-refractivity contribution is 6.73. The summed E-state index contributed by atoms with van der Waals surface area (Å²) in [6.45, 7) is 20.3. The van der Waals surface area contributed by atoms with Crippen LogP contribution in [0.5, 0.6) is 0 Å². The fourth-order valence-corrected chi connectivity index (χ4v) is 5.91. The molecule has 5 heteroatoms. The van der Waals surface area contributed by atoms with Crippen LogP contribution in [-0.2, 0) is 8.85 Å². The Kier molecular flexibility index (Phi) is 8.37. The van der Waals surface area contributed by atoms with E-state index in [9.17, 15) is 5.11 Å². The Morgan fingerprint density at radius 3 is 2.00 bits per heavy atom. The van der Waals surface area contributed by atoms with Crippen LogP contribution in [0.15, 0.2) is 0 Å². The van der Waals surface area contributed by atoms with Crippen LogP contribution in [-0.4, -0.2) is 36.1 Å². The first-order valence-corrected chi connectivity index (χ1v) is 13.2. The van der Waals surface area contributed by atoms with Gasteiger partial charge in [0.2, 0.25) is 0 Å². The van der Waals surface area contributed by atoms with Crippen molar-refractivity contribution in [1.82, 2.24) is 0 Å². The molecule has 0 aromatic rings. The van der Waals surface area contributed by atoms with E-state index in [1.54, 1.807) is 0 Å². The van der Waals surface area contributed by atoms with Gasteiger partial charge in [0.25, 0.3) is 0 Å². The van der Waals surface area contributed by atoms with Gasteiger partial charge in [0.15, 0.2) is 14.6 Å². The summed E-state index contributed by atoms with van der Waals surface area (Å²) < 4.78 is 11.7. The molecule has 0 rings (SSSR count). The summed E-state index contributed by atoms with van der Waals surface area (Å²) in [7, 11) is -1.75. The molecule has 2 atom stereocenters. The third-order valence-corrected chi connectivity index (χ3v) is 9.75. The van der Waals surface area contributed by atoms with E-state index in [-0.39, 0.29) is 10.8 Å². The van der Waals surface area contributed by atoms with Crippen LogP contribution in [0.2, 0.25) is 25.7 Å². The Bertz CT molecular complexity index is 295. The third-order valence-electron chi connectivity index (χ3n) is 4.68. The zero-order chi connectivity index (χ0) is 16.9. The van der Waals surface area contributed by atoms with Crippen LogP contribution >= 0.6 is 0 Å². The second-order valence-corrected chi connectivity index (χ2v) is 15.1. The lowest BCUT2D eigenvalue weighted by Gasteiger charge is -2.48. The summed E-state index contributed by atoms with van der Waals surface area (Å²) >= 11 is 0. The molecule has 0 amide bonds. The predicted molar refractivity (Wildman–Crippen MR) is 96.8 cm³/mol. The summed E-state index contributed by atoms with van der Waals surface area (Å²) in [4.78, 5) is 0. The van der Waals surface area contributed by atoms with E-state index < -0.39 is 24.4 Å². The molecule has 2 unspecified atom stereocenters. The van der Waals surface area contributed by atoms with Crippen LogP contribution in [0.4, 0.5) is 0 Å².